The van der Waals surface area contributed by atoms with Gasteiger partial charge in [-0.15, -0.1) is 0 Å². The van der Waals surface area contributed by atoms with Crippen molar-refractivity contribution in [2.75, 3.05) is 6.61 Å². The van der Waals surface area contributed by atoms with Crippen molar-refractivity contribution < 1.29 is 4.74 Å². The Hall–Kier alpha value is 0.440. The topological polar surface area (TPSA) is 9.23 Å². The molecule has 1 aliphatic heterocycles. The highest BCUT2D eigenvalue weighted by Crippen LogP contribution is 2.50. The zero-order valence-electron chi connectivity index (χ0n) is 10.3. The van der Waals surface area contributed by atoms with E-state index < -0.39 is 0 Å². The summed E-state index contributed by atoms with van der Waals surface area (Å²) >= 11 is 3.84. The Balaban J connectivity index is 1.66. The fourth-order valence-electron chi connectivity index (χ4n) is 4.16. The molecule has 4 unspecified atom stereocenters. The fraction of sp³-hybridized carbons (Fsp3) is 1.00. The Morgan fingerprint density at radius 1 is 1.19 bits per heavy atom. The lowest BCUT2D eigenvalue weighted by Gasteiger charge is -2.49. The molecule has 3 aliphatic rings. The number of hydrogen-bond acceptors (Lipinski definition) is 1. The molecule has 2 saturated carbocycles. The molecule has 3 rings (SSSR count). The summed E-state index contributed by atoms with van der Waals surface area (Å²) in [5.74, 6) is 2.79. The number of halogens is 1. The van der Waals surface area contributed by atoms with Crippen LogP contribution in [0.15, 0.2) is 0 Å². The lowest BCUT2D eigenvalue weighted by atomic mass is 9.67. The van der Waals surface area contributed by atoms with E-state index in [-0.39, 0.29) is 0 Å². The summed E-state index contributed by atoms with van der Waals surface area (Å²) < 4.78 is 6.04. The molecule has 0 aromatic carbocycles. The van der Waals surface area contributed by atoms with E-state index >= 15 is 0 Å². The third kappa shape index (κ3) is 1.86. The smallest absolute Gasteiger partial charge is 0.0685 e. The lowest BCUT2D eigenvalue weighted by molar-refractivity contribution is -0.151. The van der Waals surface area contributed by atoms with Gasteiger partial charge in [0.2, 0.25) is 0 Å². The Bertz CT molecular complexity index is 261. The lowest BCUT2D eigenvalue weighted by Crippen LogP contribution is -2.47. The maximum atomic E-state index is 6.04. The quantitative estimate of drug-likeness (QED) is 0.658. The zero-order chi connectivity index (χ0) is 11.2. The summed E-state index contributed by atoms with van der Waals surface area (Å²) in [7, 11) is 0. The first-order chi connectivity index (χ1) is 7.70. The van der Waals surface area contributed by atoms with Crippen LogP contribution in [0.1, 0.15) is 51.9 Å². The van der Waals surface area contributed by atoms with Crippen LogP contribution in [-0.2, 0) is 4.74 Å². The van der Waals surface area contributed by atoms with E-state index in [1.807, 2.05) is 0 Å². The minimum Gasteiger partial charge on any atom is -0.375 e. The van der Waals surface area contributed by atoms with Crippen molar-refractivity contribution in [2.45, 2.75) is 62.3 Å². The van der Waals surface area contributed by atoms with Gasteiger partial charge < -0.3 is 4.74 Å². The summed E-state index contributed by atoms with van der Waals surface area (Å²) in [6.07, 6.45) is 9.57. The fourth-order valence-corrected chi connectivity index (χ4v) is 4.82. The largest absolute Gasteiger partial charge is 0.375 e. The van der Waals surface area contributed by atoms with Crippen LogP contribution in [-0.4, -0.2) is 17.0 Å². The predicted octanol–water partition coefficient (Wildman–Crippen LogP) is 4.15. The minimum atomic E-state index is 0.340. The van der Waals surface area contributed by atoms with Crippen LogP contribution in [0.4, 0.5) is 0 Å². The van der Waals surface area contributed by atoms with Crippen molar-refractivity contribution in [1.29, 1.82) is 0 Å². The maximum absolute atomic E-state index is 6.04. The van der Waals surface area contributed by atoms with Gasteiger partial charge in [-0.05, 0) is 62.7 Å². The van der Waals surface area contributed by atoms with Gasteiger partial charge in [0.05, 0.1) is 5.60 Å². The first-order valence-electron chi connectivity index (χ1n) is 6.98. The molecule has 0 amide bonds. The van der Waals surface area contributed by atoms with Crippen LogP contribution in [0.3, 0.4) is 0 Å². The molecule has 0 bridgehead atoms. The van der Waals surface area contributed by atoms with Gasteiger partial charge >= 0.3 is 0 Å². The highest BCUT2D eigenvalue weighted by Gasteiger charge is 2.46. The molecule has 1 spiro atoms. The minimum absolute atomic E-state index is 0.340. The summed E-state index contributed by atoms with van der Waals surface area (Å²) in [6, 6.07) is 0. The molecule has 3 fully saturated rings. The number of ether oxygens (including phenoxy) is 1. The first kappa shape index (κ1) is 11.5. The Morgan fingerprint density at radius 3 is 2.56 bits per heavy atom. The summed E-state index contributed by atoms with van der Waals surface area (Å²) in [6.45, 7) is 3.47. The summed E-state index contributed by atoms with van der Waals surface area (Å²) in [5, 5.41) is 0. The van der Waals surface area contributed by atoms with E-state index in [1.165, 1.54) is 44.9 Å². The number of rotatable bonds is 1. The predicted molar refractivity (Wildman–Crippen MR) is 69.9 cm³/mol. The van der Waals surface area contributed by atoms with Gasteiger partial charge in [0.1, 0.15) is 0 Å². The van der Waals surface area contributed by atoms with Gasteiger partial charge in [-0.1, -0.05) is 22.9 Å². The van der Waals surface area contributed by atoms with Gasteiger partial charge in [-0.25, -0.2) is 0 Å². The molecule has 0 aromatic heterocycles. The van der Waals surface area contributed by atoms with Crippen molar-refractivity contribution in [3.05, 3.63) is 0 Å². The average molecular weight is 287 g/mol. The highest BCUT2D eigenvalue weighted by atomic mass is 79.9. The van der Waals surface area contributed by atoms with Crippen LogP contribution in [0, 0.1) is 17.8 Å². The van der Waals surface area contributed by atoms with Gasteiger partial charge in [-0.2, -0.15) is 0 Å². The second kappa shape index (κ2) is 4.28. The van der Waals surface area contributed by atoms with Crippen LogP contribution in [0.2, 0.25) is 0 Å². The van der Waals surface area contributed by atoms with E-state index in [9.17, 15) is 0 Å². The van der Waals surface area contributed by atoms with Crippen molar-refractivity contribution in [3.63, 3.8) is 0 Å². The van der Waals surface area contributed by atoms with Crippen molar-refractivity contribution in [3.8, 4) is 0 Å². The number of alkyl halides is 1. The Morgan fingerprint density at radius 2 is 2.00 bits per heavy atom. The third-order valence-electron chi connectivity index (χ3n) is 5.42. The van der Waals surface area contributed by atoms with Crippen molar-refractivity contribution >= 4 is 15.9 Å². The maximum Gasteiger partial charge on any atom is 0.0685 e. The third-order valence-corrected chi connectivity index (χ3v) is 6.71. The average Bonchev–Trinajstić information content (AvgIpc) is 2.58. The second-order valence-corrected chi connectivity index (χ2v) is 7.43. The summed E-state index contributed by atoms with van der Waals surface area (Å²) in [4.78, 5) is 0.776. The molecule has 1 saturated heterocycles. The van der Waals surface area contributed by atoms with Crippen LogP contribution in [0.5, 0.6) is 0 Å². The van der Waals surface area contributed by atoms with Gasteiger partial charge in [0, 0.05) is 11.4 Å². The molecule has 4 atom stereocenters. The second-order valence-electron chi connectivity index (χ2n) is 6.25. The summed E-state index contributed by atoms with van der Waals surface area (Å²) in [5.41, 5.74) is 0.340. The molecule has 2 heteroatoms. The van der Waals surface area contributed by atoms with Crippen LogP contribution >= 0.6 is 15.9 Å². The molecule has 1 nitrogen and oxygen atoms in total. The van der Waals surface area contributed by atoms with Crippen molar-refractivity contribution in [2.24, 2.45) is 17.8 Å². The molecular formula is C14H23BrO. The Kier molecular flexibility index (Phi) is 3.08. The monoisotopic (exact) mass is 286 g/mol. The number of hydrogen-bond donors (Lipinski definition) is 0. The van der Waals surface area contributed by atoms with E-state index in [0.717, 1.165) is 29.2 Å². The SMILES string of the molecule is CC1C(Br)CCC1C1CCOC2(CCC2)C1. The molecule has 92 valence electrons. The zero-order valence-corrected chi connectivity index (χ0v) is 11.8. The molecule has 16 heavy (non-hydrogen) atoms. The first-order valence-corrected chi connectivity index (χ1v) is 7.90. The standard InChI is InChI=1S/C14H23BrO/c1-10-12(3-4-13(10)15)11-5-8-16-14(9-11)6-2-7-14/h10-13H,2-9H2,1H3. The van der Waals surface area contributed by atoms with Gasteiger partial charge in [0.15, 0.2) is 0 Å². The molecule has 0 N–H and O–H groups in total. The van der Waals surface area contributed by atoms with Gasteiger partial charge in [0.25, 0.3) is 0 Å². The molecule has 0 radical (unpaired) electrons. The van der Waals surface area contributed by atoms with E-state index in [0.29, 0.717) is 5.60 Å². The molecule has 2 aliphatic carbocycles. The van der Waals surface area contributed by atoms with Crippen LogP contribution < -0.4 is 0 Å². The molecule has 0 aromatic rings. The van der Waals surface area contributed by atoms with Gasteiger partial charge in [-0.3, -0.25) is 0 Å². The van der Waals surface area contributed by atoms with Crippen molar-refractivity contribution in [1.82, 2.24) is 0 Å². The van der Waals surface area contributed by atoms with E-state index in [1.54, 1.807) is 0 Å². The molecule has 1 heterocycles. The Labute approximate surface area is 107 Å². The normalized spacial score (nSPS) is 46.9. The highest BCUT2D eigenvalue weighted by molar-refractivity contribution is 9.09. The van der Waals surface area contributed by atoms with Crippen LogP contribution in [0.25, 0.3) is 0 Å². The van der Waals surface area contributed by atoms with E-state index in [2.05, 4.69) is 22.9 Å². The molecular weight excluding hydrogens is 264 g/mol. The van der Waals surface area contributed by atoms with E-state index in [4.69, 9.17) is 4.74 Å².